The van der Waals surface area contributed by atoms with Crippen molar-refractivity contribution in [2.45, 2.75) is 50.0 Å². The first-order valence-corrected chi connectivity index (χ1v) is 8.88. The minimum atomic E-state index is -5.22. The second-order valence-corrected chi connectivity index (χ2v) is 6.83. The molecule has 1 aliphatic carbocycles. The molecule has 3 rings (SSSR count). The summed E-state index contributed by atoms with van der Waals surface area (Å²) < 4.78 is 46.7. The number of hydrogen-bond donors (Lipinski definition) is 2. The van der Waals surface area contributed by atoms with Crippen LogP contribution in [0.15, 0.2) is 24.3 Å². The average Bonchev–Trinajstić information content (AvgIpc) is 2.93. The molecule has 1 atom stereocenters. The maximum absolute atomic E-state index is 13.9. The van der Waals surface area contributed by atoms with E-state index in [1.54, 1.807) is 10.6 Å². The van der Waals surface area contributed by atoms with Crippen LogP contribution in [-0.2, 0) is 4.79 Å². The largest absolute Gasteiger partial charge is 0.497 e. The molecule has 7 nitrogen and oxygen atoms in total. The van der Waals surface area contributed by atoms with Gasteiger partial charge in [-0.3, -0.25) is 19.8 Å². The summed E-state index contributed by atoms with van der Waals surface area (Å²) in [6.07, 6.45) is -2.00. The number of rotatable bonds is 4. The lowest BCUT2D eigenvalue weighted by Gasteiger charge is -2.32. The highest BCUT2D eigenvalue weighted by Gasteiger charge is 2.69. The fourth-order valence-electron chi connectivity index (χ4n) is 3.57. The summed E-state index contributed by atoms with van der Waals surface area (Å²) in [4.78, 5) is 38.1. The second kappa shape index (κ2) is 7.33. The normalized spacial score (nSPS) is 23.5. The van der Waals surface area contributed by atoms with Gasteiger partial charge in [0, 0.05) is 11.6 Å². The predicted molar refractivity (Wildman–Crippen MR) is 91.5 cm³/mol. The molecule has 0 aromatic heterocycles. The number of alkyl halides is 3. The van der Waals surface area contributed by atoms with E-state index in [1.807, 2.05) is 0 Å². The number of amides is 4. The molecule has 4 amide bonds. The SMILES string of the molecule is COc1cccc(C(=O)NC2(C(F)(F)F)NC(=O)N(C3CCCCC3)C2=O)c1. The molecular weight excluding hydrogens is 379 g/mol. The topological polar surface area (TPSA) is 87.7 Å². The predicted octanol–water partition coefficient (Wildman–Crippen LogP) is 2.57. The minimum absolute atomic E-state index is 0.138. The fourth-order valence-corrected chi connectivity index (χ4v) is 3.57. The molecule has 1 saturated heterocycles. The van der Waals surface area contributed by atoms with E-state index in [2.05, 4.69) is 0 Å². The smallest absolute Gasteiger partial charge is 0.440 e. The third-order valence-corrected chi connectivity index (χ3v) is 5.05. The van der Waals surface area contributed by atoms with Crippen molar-refractivity contribution in [3.63, 3.8) is 0 Å². The standard InChI is InChI=1S/C18H20F3N3O4/c1-28-13-9-5-6-11(10-13)14(25)22-17(18(19,20)21)15(26)24(16(27)23-17)12-7-3-2-4-8-12/h5-6,9-10,12H,2-4,7-8H2,1H3,(H,22,25)(H,23,27). The van der Waals surface area contributed by atoms with Crippen molar-refractivity contribution in [1.29, 1.82) is 0 Å². The Balaban J connectivity index is 1.92. The van der Waals surface area contributed by atoms with Gasteiger partial charge in [-0.1, -0.05) is 25.3 Å². The summed E-state index contributed by atoms with van der Waals surface area (Å²) in [5.41, 5.74) is -3.64. The number of halogens is 3. The van der Waals surface area contributed by atoms with E-state index < -0.39 is 35.7 Å². The molecule has 1 heterocycles. The summed E-state index contributed by atoms with van der Waals surface area (Å²) >= 11 is 0. The van der Waals surface area contributed by atoms with Gasteiger partial charge >= 0.3 is 12.2 Å². The average molecular weight is 399 g/mol. The molecule has 152 valence electrons. The van der Waals surface area contributed by atoms with E-state index in [0.717, 1.165) is 19.3 Å². The summed E-state index contributed by atoms with van der Waals surface area (Å²) in [7, 11) is 1.34. The zero-order valence-corrected chi connectivity index (χ0v) is 15.1. The van der Waals surface area contributed by atoms with Crippen molar-refractivity contribution in [3.05, 3.63) is 29.8 Å². The molecule has 1 unspecified atom stereocenters. The molecule has 1 aromatic carbocycles. The van der Waals surface area contributed by atoms with E-state index in [4.69, 9.17) is 4.74 Å². The number of benzene rings is 1. The van der Waals surface area contributed by atoms with Gasteiger partial charge in [0.25, 0.3) is 17.5 Å². The number of ether oxygens (including phenoxy) is 1. The fraction of sp³-hybridized carbons (Fsp3) is 0.500. The van der Waals surface area contributed by atoms with Crippen molar-refractivity contribution in [1.82, 2.24) is 15.5 Å². The molecule has 2 N–H and O–H groups in total. The van der Waals surface area contributed by atoms with Gasteiger partial charge in [-0.05, 0) is 31.0 Å². The number of carbonyl (C=O) groups excluding carboxylic acids is 3. The highest BCUT2D eigenvalue weighted by molar-refractivity contribution is 6.10. The van der Waals surface area contributed by atoms with Gasteiger partial charge in [-0.25, -0.2) is 4.79 Å². The van der Waals surface area contributed by atoms with Gasteiger partial charge in [-0.15, -0.1) is 0 Å². The van der Waals surface area contributed by atoms with Crippen molar-refractivity contribution >= 4 is 17.8 Å². The van der Waals surface area contributed by atoms with Gasteiger partial charge in [-0.2, -0.15) is 13.2 Å². The van der Waals surface area contributed by atoms with Gasteiger partial charge in [0.2, 0.25) is 0 Å². The number of imide groups is 1. The molecule has 0 spiro atoms. The van der Waals surface area contributed by atoms with Crippen molar-refractivity contribution in [2.75, 3.05) is 7.11 Å². The van der Waals surface area contributed by atoms with Crippen LogP contribution in [0.1, 0.15) is 42.5 Å². The third-order valence-electron chi connectivity index (χ3n) is 5.05. The first-order chi connectivity index (χ1) is 13.2. The van der Waals surface area contributed by atoms with Crippen LogP contribution in [-0.4, -0.2) is 47.7 Å². The van der Waals surface area contributed by atoms with E-state index >= 15 is 0 Å². The molecule has 1 aliphatic heterocycles. The van der Waals surface area contributed by atoms with Crippen LogP contribution >= 0.6 is 0 Å². The Bertz CT molecular complexity index is 793. The molecule has 0 bridgehead atoms. The lowest BCUT2D eigenvalue weighted by Crippen LogP contribution is -2.69. The summed E-state index contributed by atoms with van der Waals surface area (Å²) in [6.45, 7) is 0. The number of nitrogens with one attached hydrogen (secondary N) is 2. The highest BCUT2D eigenvalue weighted by Crippen LogP contribution is 2.37. The number of hydrogen-bond acceptors (Lipinski definition) is 4. The lowest BCUT2D eigenvalue weighted by atomic mass is 9.94. The zero-order valence-electron chi connectivity index (χ0n) is 15.1. The number of urea groups is 1. The van der Waals surface area contributed by atoms with Crippen LogP contribution in [0.5, 0.6) is 5.75 Å². The van der Waals surface area contributed by atoms with Crippen LogP contribution < -0.4 is 15.4 Å². The third kappa shape index (κ3) is 3.38. The first kappa shape index (κ1) is 20.0. The monoisotopic (exact) mass is 399 g/mol. The van der Waals surface area contributed by atoms with Gasteiger partial charge in [0.05, 0.1) is 7.11 Å². The number of methoxy groups -OCH3 is 1. The van der Waals surface area contributed by atoms with Crippen LogP contribution in [0, 0.1) is 0 Å². The Morgan fingerprint density at radius 2 is 1.93 bits per heavy atom. The van der Waals surface area contributed by atoms with E-state index in [0.29, 0.717) is 17.7 Å². The Morgan fingerprint density at radius 1 is 1.25 bits per heavy atom. The Hall–Kier alpha value is -2.78. The molecule has 1 saturated carbocycles. The molecular formula is C18H20F3N3O4. The molecule has 28 heavy (non-hydrogen) atoms. The van der Waals surface area contributed by atoms with Crippen molar-refractivity contribution in [3.8, 4) is 5.75 Å². The quantitative estimate of drug-likeness (QED) is 0.762. The van der Waals surface area contributed by atoms with Crippen LogP contribution in [0.2, 0.25) is 0 Å². The van der Waals surface area contributed by atoms with E-state index in [-0.39, 0.29) is 11.3 Å². The molecule has 2 aliphatic rings. The molecule has 0 radical (unpaired) electrons. The maximum atomic E-state index is 13.9. The molecule has 1 aromatic rings. The van der Waals surface area contributed by atoms with Crippen LogP contribution in [0.25, 0.3) is 0 Å². The van der Waals surface area contributed by atoms with Gasteiger partial charge in [0.15, 0.2) is 0 Å². The summed E-state index contributed by atoms with van der Waals surface area (Å²) in [5.74, 6) is -2.40. The summed E-state index contributed by atoms with van der Waals surface area (Å²) in [5, 5.41) is 3.39. The molecule has 2 fully saturated rings. The molecule has 10 heteroatoms. The van der Waals surface area contributed by atoms with Crippen LogP contribution in [0.4, 0.5) is 18.0 Å². The Morgan fingerprint density at radius 3 is 2.54 bits per heavy atom. The van der Waals surface area contributed by atoms with Crippen LogP contribution in [0.3, 0.4) is 0 Å². The van der Waals surface area contributed by atoms with Crippen molar-refractivity contribution in [2.24, 2.45) is 0 Å². The van der Waals surface area contributed by atoms with Crippen molar-refractivity contribution < 1.29 is 32.3 Å². The second-order valence-electron chi connectivity index (χ2n) is 6.83. The Labute approximate surface area is 159 Å². The number of carbonyl (C=O) groups is 3. The Kier molecular flexibility index (Phi) is 5.22. The maximum Gasteiger partial charge on any atom is 0.440 e. The first-order valence-electron chi connectivity index (χ1n) is 8.88. The highest BCUT2D eigenvalue weighted by atomic mass is 19.4. The van der Waals surface area contributed by atoms with Gasteiger partial charge in [0.1, 0.15) is 5.75 Å². The van der Waals surface area contributed by atoms with E-state index in [1.165, 1.54) is 31.4 Å². The summed E-state index contributed by atoms with van der Waals surface area (Å²) in [6, 6.07) is 3.70. The minimum Gasteiger partial charge on any atom is -0.497 e. The van der Waals surface area contributed by atoms with E-state index in [9.17, 15) is 27.6 Å². The number of nitrogens with zero attached hydrogens (tertiary/aromatic N) is 1. The van der Waals surface area contributed by atoms with Gasteiger partial charge < -0.3 is 10.1 Å². The lowest BCUT2D eigenvalue weighted by molar-refractivity contribution is -0.200. The zero-order chi connectivity index (χ0) is 20.5.